The number of benzene rings is 1. The van der Waals surface area contributed by atoms with E-state index >= 15 is 0 Å². The number of carboxylic acids is 1. The summed E-state index contributed by atoms with van der Waals surface area (Å²) in [5.74, 6) is -0.759. The lowest BCUT2D eigenvalue weighted by atomic mass is 9.71. The van der Waals surface area contributed by atoms with Crippen molar-refractivity contribution in [3.8, 4) is 0 Å². The van der Waals surface area contributed by atoms with Crippen molar-refractivity contribution in [3.05, 3.63) is 34.3 Å². The highest BCUT2D eigenvalue weighted by molar-refractivity contribution is 6.31. The molecular formula is C12H13ClO2. The molecule has 0 fully saturated rings. The van der Waals surface area contributed by atoms with Crippen LogP contribution in [-0.4, -0.2) is 11.1 Å². The Kier molecular flexibility index (Phi) is 2.47. The van der Waals surface area contributed by atoms with Crippen molar-refractivity contribution in [2.45, 2.75) is 31.6 Å². The molecule has 0 saturated heterocycles. The first-order chi connectivity index (χ1) is 7.05. The van der Waals surface area contributed by atoms with E-state index in [4.69, 9.17) is 11.6 Å². The minimum absolute atomic E-state index is 0.690. The van der Waals surface area contributed by atoms with Crippen molar-refractivity contribution in [1.82, 2.24) is 0 Å². The molecule has 0 aromatic heterocycles. The molecule has 2 nitrogen and oxygen atoms in total. The van der Waals surface area contributed by atoms with Crippen molar-refractivity contribution in [2.75, 3.05) is 0 Å². The Morgan fingerprint density at radius 3 is 2.93 bits per heavy atom. The van der Waals surface area contributed by atoms with Crippen LogP contribution in [0.2, 0.25) is 5.02 Å². The SMILES string of the molecule is CC1(C(=O)O)CCCc2c(Cl)cccc21. The van der Waals surface area contributed by atoms with Gasteiger partial charge in [0, 0.05) is 5.02 Å². The van der Waals surface area contributed by atoms with Crippen LogP contribution in [0, 0.1) is 0 Å². The number of rotatable bonds is 1. The molecule has 1 unspecified atom stereocenters. The molecule has 15 heavy (non-hydrogen) atoms. The molecule has 1 N–H and O–H groups in total. The molecule has 1 aliphatic rings. The molecule has 1 aromatic rings. The summed E-state index contributed by atoms with van der Waals surface area (Å²) in [4.78, 5) is 11.3. The summed E-state index contributed by atoms with van der Waals surface area (Å²) in [5, 5.41) is 9.99. The van der Waals surface area contributed by atoms with Gasteiger partial charge in [-0.25, -0.2) is 0 Å². The van der Waals surface area contributed by atoms with E-state index < -0.39 is 11.4 Å². The van der Waals surface area contributed by atoms with E-state index in [0.717, 1.165) is 24.0 Å². The molecule has 0 bridgehead atoms. The van der Waals surface area contributed by atoms with Gasteiger partial charge in [-0.3, -0.25) is 4.79 Å². The average molecular weight is 225 g/mol. The zero-order valence-electron chi connectivity index (χ0n) is 8.59. The van der Waals surface area contributed by atoms with Crippen LogP contribution in [0.3, 0.4) is 0 Å². The van der Waals surface area contributed by atoms with Gasteiger partial charge in [0.15, 0.2) is 0 Å². The molecule has 1 aliphatic carbocycles. The molecule has 80 valence electrons. The Bertz CT molecular complexity index is 414. The summed E-state index contributed by atoms with van der Waals surface area (Å²) >= 11 is 6.08. The van der Waals surface area contributed by atoms with E-state index in [2.05, 4.69) is 0 Å². The normalized spacial score (nSPS) is 24.7. The number of fused-ring (bicyclic) bond motifs is 1. The van der Waals surface area contributed by atoms with Gasteiger partial charge in [0.25, 0.3) is 0 Å². The highest BCUT2D eigenvalue weighted by atomic mass is 35.5. The van der Waals surface area contributed by atoms with Gasteiger partial charge < -0.3 is 5.11 Å². The van der Waals surface area contributed by atoms with Gasteiger partial charge >= 0.3 is 5.97 Å². The number of carboxylic acid groups (broad SMARTS) is 1. The Morgan fingerprint density at radius 1 is 1.53 bits per heavy atom. The summed E-state index contributed by atoms with van der Waals surface area (Å²) in [6.07, 6.45) is 2.47. The first-order valence-electron chi connectivity index (χ1n) is 5.07. The van der Waals surface area contributed by atoms with Crippen molar-refractivity contribution < 1.29 is 9.90 Å². The highest BCUT2D eigenvalue weighted by Gasteiger charge is 2.39. The molecule has 0 heterocycles. The lowest BCUT2D eigenvalue weighted by Gasteiger charge is -2.32. The zero-order chi connectivity index (χ0) is 11.1. The first-order valence-corrected chi connectivity index (χ1v) is 5.45. The van der Waals surface area contributed by atoms with E-state index in [1.54, 1.807) is 6.92 Å². The molecule has 3 heteroatoms. The second-order valence-electron chi connectivity index (χ2n) is 4.26. The number of hydrogen-bond donors (Lipinski definition) is 1. The summed E-state index contributed by atoms with van der Waals surface area (Å²) in [5.41, 5.74) is 1.13. The fourth-order valence-electron chi connectivity index (χ4n) is 2.31. The molecule has 0 amide bonds. The van der Waals surface area contributed by atoms with Crippen LogP contribution in [0.15, 0.2) is 18.2 Å². The summed E-state index contributed by atoms with van der Waals surface area (Å²) in [7, 11) is 0. The number of carbonyl (C=O) groups is 1. The van der Waals surface area contributed by atoms with Gasteiger partial charge in [-0.2, -0.15) is 0 Å². The van der Waals surface area contributed by atoms with Crippen molar-refractivity contribution in [2.24, 2.45) is 0 Å². The zero-order valence-corrected chi connectivity index (χ0v) is 9.34. The summed E-state index contributed by atoms with van der Waals surface area (Å²) in [6, 6.07) is 5.54. The standard InChI is InChI=1S/C12H13ClO2/c1-12(11(14)15)7-3-4-8-9(12)5-2-6-10(8)13/h2,5-6H,3-4,7H2,1H3,(H,14,15). The predicted octanol–water partition coefficient (Wildman–Crippen LogP) is 3.02. The monoisotopic (exact) mass is 224 g/mol. The maximum Gasteiger partial charge on any atom is 0.313 e. The smallest absolute Gasteiger partial charge is 0.313 e. The quantitative estimate of drug-likeness (QED) is 0.796. The van der Waals surface area contributed by atoms with E-state index in [9.17, 15) is 9.90 Å². The van der Waals surface area contributed by atoms with E-state index in [-0.39, 0.29) is 0 Å². The van der Waals surface area contributed by atoms with Gasteiger partial charge in [-0.05, 0) is 43.4 Å². The fourth-order valence-corrected chi connectivity index (χ4v) is 2.57. The highest BCUT2D eigenvalue weighted by Crippen LogP contribution is 2.39. The van der Waals surface area contributed by atoms with E-state index in [0.29, 0.717) is 11.4 Å². The minimum Gasteiger partial charge on any atom is -0.481 e. The molecule has 0 spiro atoms. The Labute approximate surface area is 93.9 Å². The van der Waals surface area contributed by atoms with Gasteiger partial charge in [0.2, 0.25) is 0 Å². The molecule has 0 aliphatic heterocycles. The fraction of sp³-hybridized carbons (Fsp3) is 0.417. The first kappa shape index (κ1) is 10.5. The largest absolute Gasteiger partial charge is 0.481 e. The molecule has 0 saturated carbocycles. The van der Waals surface area contributed by atoms with Gasteiger partial charge in [-0.15, -0.1) is 0 Å². The van der Waals surface area contributed by atoms with E-state index in [1.165, 1.54) is 0 Å². The third-order valence-corrected chi connectivity index (χ3v) is 3.64. The minimum atomic E-state index is -0.765. The Morgan fingerprint density at radius 2 is 2.27 bits per heavy atom. The van der Waals surface area contributed by atoms with Crippen LogP contribution in [0.25, 0.3) is 0 Å². The third-order valence-electron chi connectivity index (χ3n) is 3.29. The number of hydrogen-bond acceptors (Lipinski definition) is 1. The number of aliphatic carboxylic acids is 1. The Balaban J connectivity index is 2.61. The lowest BCUT2D eigenvalue weighted by Crippen LogP contribution is -2.36. The average Bonchev–Trinajstić information content (AvgIpc) is 2.20. The molecule has 1 atom stereocenters. The lowest BCUT2D eigenvalue weighted by molar-refractivity contribution is -0.143. The predicted molar refractivity (Wildman–Crippen MR) is 59.4 cm³/mol. The van der Waals surface area contributed by atoms with Crippen molar-refractivity contribution in [3.63, 3.8) is 0 Å². The molecule has 2 rings (SSSR count). The van der Waals surface area contributed by atoms with Crippen molar-refractivity contribution in [1.29, 1.82) is 0 Å². The van der Waals surface area contributed by atoms with Crippen LogP contribution < -0.4 is 0 Å². The van der Waals surface area contributed by atoms with Gasteiger partial charge in [0.1, 0.15) is 0 Å². The van der Waals surface area contributed by atoms with Crippen LogP contribution in [0.4, 0.5) is 0 Å². The number of halogens is 1. The Hall–Kier alpha value is -1.02. The summed E-state index contributed by atoms with van der Waals surface area (Å²) in [6.45, 7) is 1.78. The van der Waals surface area contributed by atoms with Gasteiger partial charge in [-0.1, -0.05) is 23.7 Å². The second-order valence-corrected chi connectivity index (χ2v) is 4.66. The van der Waals surface area contributed by atoms with Crippen LogP contribution in [0.5, 0.6) is 0 Å². The molecular weight excluding hydrogens is 212 g/mol. The van der Waals surface area contributed by atoms with Crippen LogP contribution >= 0.6 is 11.6 Å². The molecule has 0 radical (unpaired) electrons. The maximum absolute atomic E-state index is 11.3. The van der Waals surface area contributed by atoms with Crippen LogP contribution in [0.1, 0.15) is 30.9 Å². The van der Waals surface area contributed by atoms with Crippen molar-refractivity contribution >= 4 is 17.6 Å². The molecule has 1 aromatic carbocycles. The topological polar surface area (TPSA) is 37.3 Å². The van der Waals surface area contributed by atoms with Gasteiger partial charge in [0.05, 0.1) is 5.41 Å². The van der Waals surface area contributed by atoms with E-state index in [1.807, 2.05) is 18.2 Å². The second kappa shape index (κ2) is 3.53. The summed E-state index contributed by atoms with van der Waals surface area (Å²) < 4.78 is 0. The third kappa shape index (κ3) is 1.53. The van der Waals surface area contributed by atoms with Crippen LogP contribution in [-0.2, 0) is 16.6 Å². The maximum atomic E-state index is 11.3.